The van der Waals surface area contributed by atoms with Gasteiger partial charge < -0.3 is 11.1 Å². The molecule has 1 fully saturated rings. The van der Waals surface area contributed by atoms with Crippen LogP contribution < -0.4 is 15.8 Å². The molecule has 0 bridgehead atoms. The summed E-state index contributed by atoms with van der Waals surface area (Å²) in [6, 6.07) is 3.65. The molecule has 1 aromatic rings. The second-order valence-corrected chi connectivity index (χ2v) is 7.33. The van der Waals surface area contributed by atoms with Gasteiger partial charge in [0.15, 0.2) is 0 Å². The molecule has 21 heavy (non-hydrogen) atoms. The van der Waals surface area contributed by atoms with Gasteiger partial charge in [-0.3, -0.25) is 9.52 Å². The van der Waals surface area contributed by atoms with Gasteiger partial charge in [-0.2, -0.15) is 0 Å². The third-order valence-electron chi connectivity index (χ3n) is 3.43. The van der Waals surface area contributed by atoms with Crippen molar-refractivity contribution < 1.29 is 17.6 Å². The van der Waals surface area contributed by atoms with E-state index in [9.17, 15) is 17.6 Å². The lowest BCUT2D eigenvalue weighted by molar-refractivity contribution is -0.121. The van der Waals surface area contributed by atoms with Gasteiger partial charge in [0.05, 0.1) is 17.5 Å². The molecule has 4 N–H and O–H groups in total. The number of nitrogens with one attached hydrogen (secondary N) is 2. The predicted molar refractivity (Wildman–Crippen MR) is 78.8 cm³/mol. The number of amides is 1. The molecule has 1 saturated carbocycles. The Hall–Kier alpha value is -1.67. The highest BCUT2D eigenvalue weighted by Gasteiger charge is 2.44. The molecule has 1 atom stereocenters. The maximum atomic E-state index is 13.5. The molecule has 0 aromatic heterocycles. The number of carbonyl (C=O) groups excluding carboxylic acids is 1. The van der Waals surface area contributed by atoms with E-state index in [2.05, 4.69) is 10.0 Å². The minimum absolute atomic E-state index is 0.145. The second kappa shape index (κ2) is 5.27. The first-order chi connectivity index (χ1) is 9.59. The number of benzene rings is 1. The smallest absolute Gasteiger partial charge is 0.244 e. The van der Waals surface area contributed by atoms with Crippen LogP contribution in [0.5, 0.6) is 0 Å². The Balaban J connectivity index is 2.17. The van der Waals surface area contributed by atoms with E-state index in [0.29, 0.717) is 0 Å². The van der Waals surface area contributed by atoms with Crippen molar-refractivity contribution in [1.82, 2.24) is 0 Å². The van der Waals surface area contributed by atoms with E-state index in [-0.39, 0.29) is 23.2 Å². The summed E-state index contributed by atoms with van der Waals surface area (Å²) in [6.07, 6.45) is 2.73. The standard InChI is InChI=1S/C13H18FN3O3S/c1-13(15,8-3-4-8)12(18)16-9-5-6-10(14)11(7-9)17-21(2,19)20/h5-8,17H,3-4,15H2,1-2H3,(H,16,18). The topological polar surface area (TPSA) is 101 Å². The van der Waals surface area contributed by atoms with Crippen molar-refractivity contribution in [3.05, 3.63) is 24.0 Å². The van der Waals surface area contributed by atoms with Crippen LogP contribution in [0.3, 0.4) is 0 Å². The Morgan fingerprint density at radius 3 is 2.57 bits per heavy atom. The van der Waals surface area contributed by atoms with Crippen LogP contribution in [-0.4, -0.2) is 26.1 Å². The average Bonchev–Trinajstić information content (AvgIpc) is 3.15. The Kier molecular flexibility index (Phi) is 3.94. The van der Waals surface area contributed by atoms with Gasteiger partial charge in [0.25, 0.3) is 0 Å². The molecule has 1 aromatic carbocycles. The molecule has 1 amide bonds. The molecule has 0 aliphatic heterocycles. The Bertz CT molecular complexity index is 669. The van der Waals surface area contributed by atoms with E-state index in [1.165, 1.54) is 12.1 Å². The van der Waals surface area contributed by atoms with Crippen LogP contribution in [0.4, 0.5) is 15.8 Å². The first kappa shape index (κ1) is 15.7. The molecule has 0 heterocycles. The Morgan fingerprint density at radius 2 is 2.05 bits per heavy atom. The summed E-state index contributed by atoms with van der Waals surface area (Å²) in [6.45, 7) is 1.65. The van der Waals surface area contributed by atoms with Crippen LogP contribution in [0, 0.1) is 11.7 Å². The number of anilines is 2. The van der Waals surface area contributed by atoms with E-state index in [1.54, 1.807) is 6.92 Å². The molecule has 1 unspecified atom stereocenters. The molecule has 1 aliphatic rings. The van der Waals surface area contributed by atoms with Crippen LogP contribution in [0.1, 0.15) is 19.8 Å². The van der Waals surface area contributed by atoms with Gasteiger partial charge in [-0.15, -0.1) is 0 Å². The molecule has 6 nitrogen and oxygen atoms in total. The number of nitrogens with two attached hydrogens (primary N) is 1. The largest absolute Gasteiger partial charge is 0.324 e. The van der Waals surface area contributed by atoms with E-state index < -0.39 is 21.4 Å². The van der Waals surface area contributed by atoms with Gasteiger partial charge in [0.1, 0.15) is 5.82 Å². The Labute approximate surface area is 123 Å². The zero-order valence-electron chi connectivity index (χ0n) is 11.8. The molecular formula is C13H18FN3O3S. The third kappa shape index (κ3) is 3.92. The predicted octanol–water partition coefficient (Wildman–Crippen LogP) is 1.26. The van der Waals surface area contributed by atoms with E-state index in [0.717, 1.165) is 25.2 Å². The minimum Gasteiger partial charge on any atom is -0.324 e. The molecule has 1 aliphatic carbocycles. The molecule has 2 rings (SSSR count). The molecule has 0 radical (unpaired) electrons. The Morgan fingerprint density at radius 1 is 1.43 bits per heavy atom. The van der Waals surface area contributed by atoms with Crippen molar-refractivity contribution in [2.45, 2.75) is 25.3 Å². The number of halogens is 1. The average molecular weight is 315 g/mol. The quantitative estimate of drug-likeness (QED) is 0.761. The van der Waals surface area contributed by atoms with Crippen LogP contribution in [0.15, 0.2) is 18.2 Å². The zero-order chi connectivity index (χ0) is 15.8. The lowest BCUT2D eigenvalue weighted by Gasteiger charge is -2.23. The zero-order valence-corrected chi connectivity index (χ0v) is 12.6. The van der Waals surface area contributed by atoms with Gasteiger partial charge in [-0.05, 0) is 43.9 Å². The van der Waals surface area contributed by atoms with Gasteiger partial charge >= 0.3 is 0 Å². The number of rotatable bonds is 5. The van der Waals surface area contributed by atoms with Crippen molar-refractivity contribution >= 4 is 27.3 Å². The summed E-state index contributed by atoms with van der Waals surface area (Å²) < 4.78 is 37.9. The van der Waals surface area contributed by atoms with Crippen LogP contribution in [0.2, 0.25) is 0 Å². The van der Waals surface area contributed by atoms with Crippen molar-refractivity contribution in [3.63, 3.8) is 0 Å². The van der Waals surface area contributed by atoms with Crippen LogP contribution in [-0.2, 0) is 14.8 Å². The highest BCUT2D eigenvalue weighted by Crippen LogP contribution is 2.38. The molecular weight excluding hydrogens is 297 g/mol. The number of sulfonamides is 1. The number of hydrogen-bond donors (Lipinski definition) is 3. The normalized spacial score (nSPS) is 17.9. The minimum atomic E-state index is -3.60. The van der Waals surface area contributed by atoms with Crippen molar-refractivity contribution in [1.29, 1.82) is 0 Å². The monoisotopic (exact) mass is 315 g/mol. The van der Waals surface area contributed by atoms with Crippen LogP contribution in [0.25, 0.3) is 0 Å². The lowest BCUT2D eigenvalue weighted by Crippen LogP contribution is -2.50. The van der Waals surface area contributed by atoms with Gasteiger partial charge in [-0.25, -0.2) is 12.8 Å². The fraction of sp³-hybridized carbons (Fsp3) is 0.462. The highest BCUT2D eigenvalue weighted by atomic mass is 32.2. The number of hydrogen-bond acceptors (Lipinski definition) is 4. The van der Waals surface area contributed by atoms with Crippen molar-refractivity contribution in [2.75, 3.05) is 16.3 Å². The van der Waals surface area contributed by atoms with Crippen molar-refractivity contribution in [2.24, 2.45) is 11.7 Å². The molecule has 0 spiro atoms. The molecule has 0 saturated heterocycles. The van der Waals surface area contributed by atoms with E-state index in [1.807, 2.05) is 0 Å². The summed E-state index contributed by atoms with van der Waals surface area (Å²) in [7, 11) is -3.60. The maximum Gasteiger partial charge on any atom is 0.244 e. The van der Waals surface area contributed by atoms with E-state index >= 15 is 0 Å². The second-order valence-electron chi connectivity index (χ2n) is 5.58. The summed E-state index contributed by atoms with van der Waals surface area (Å²) in [4.78, 5) is 12.1. The summed E-state index contributed by atoms with van der Waals surface area (Å²) >= 11 is 0. The lowest BCUT2D eigenvalue weighted by atomic mass is 9.96. The first-order valence-electron chi connectivity index (χ1n) is 6.47. The summed E-state index contributed by atoms with van der Waals surface area (Å²) in [5.74, 6) is -0.954. The first-order valence-corrected chi connectivity index (χ1v) is 8.36. The third-order valence-corrected chi connectivity index (χ3v) is 4.02. The summed E-state index contributed by atoms with van der Waals surface area (Å²) in [5.41, 5.74) is 5.06. The van der Waals surface area contributed by atoms with Crippen LogP contribution >= 0.6 is 0 Å². The maximum absolute atomic E-state index is 13.5. The molecule has 8 heteroatoms. The summed E-state index contributed by atoms with van der Waals surface area (Å²) in [5, 5.41) is 2.59. The number of carbonyl (C=O) groups is 1. The van der Waals surface area contributed by atoms with E-state index in [4.69, 9.17) is 5.73 Å². The van der Waals surface area contributed by atoms with Gasteiger partial charge in [0.2, 0.25) is 15.9 Å². The highest BCUT2D eigenvalue weighted by molar-refractivity contribution is 7.92. The fourth-order valence-electron chi connectivity index (χ4n) is 2.02. The fourth-order valence-corrected chi connectivity index (χ4v) is 2.57. The molecule has 116 valence electrons. The van der Waals surface area contributed by atoms with Crippen molar-refractivity contribution in [3.8, 4) is 0 Å². The van der Waals surface area contributed by atoms with Gasteiger partial charge in [0, 0.05) is 5.69 Å². The van der Waals surface area contributed by atoms with Gasteiger partial charge in [-0.1, -0.05) is 0 Å². The SMILES string of the molecule is CC(N)(C(=O)Nc1ccc(F)c(NS(C)(=O)=O)c1)C1CC1.